The number of nitro benzene ring substituents is 1. The number of nitrogens with zero attached hydrogens (tertiary/aromatic N) is 2. The Morgan fingerprint density at radius 3 is 3.06 bits per heavy atom. The van der Waals surface area contributed by atoms with Gasteiger partial charge in [-0.25, -0.2) is 4.98 Å². The SMILES string of the molecule is Nc1nc2c(s1)CSc1ccc([N+](=O)[O-])cc1-2. The summed E-state index contributed by atoms with van der Waals surface area (Å²) in [6.07, 6.45) is 0. The number of hydrogen-bond acceptors (Lipinski definition) is 6. The van der Waals surface area contributed by atoms with Crippen LogP contribution < -0.4 is 5.73 Å². The van der Waals surface area contributed by atoms with Crippen LogP contribution in [0.3, 0.4) is 0 Å². The number of benzene rings is 1. The Kier molecular flexibility index (Phi) is 2.30. The Balaban J connectivity index is 2.22. The fourth-order valence-electron chi connectivity index (χ4n) is 1.76. The molecule has 0 saturated heterocycles. The van der Waals surface area contributed by atoms with Crippen LogP contribution in [0.5, 0.6) is 0 Å². The first-order valence-electron chi connectivity index (χ1n) is 4.82. The molecule has 17 heavy (non-hydrogen) atoms. The maximum absolute atomic E-state index is 10.8. The monoisotopic (exact) mass is 265 g/mol. The summed E-state index contributed by atoms with van der Waals surface area (Å²) in [5, 5.41) is 11.3. The smallest absolute Gasteiger partial charge is 0.270 e. The Hall–Kier alpha value is -1.60. The molecule has 86 valence electrons. The fraction of sp³-hybridized carbons (Fsp3) is 0.100. The lowest BCUT2D eigenvalue weighted by molar-refractivity contribution is -0.384. The van der Waals surface area contributed by atoms with Crippen LogP contribution in [0.1, 0.15) is 4.88 Å². The molecule has 0 amide bonds. The van der Waals surface area contributed by atoms with E-state index in [4.69, 9.17) is 5.73 Å². The minimum absolute atomic E-state index is 0.0868. The summed E-state index contributed by atoms with van der Waals surface area (Å²) in [5.74, 6) is 0.828. The Morgan fingerprint density at radius 1 is 1.47 bits per heavy atom. The summed E-state index contributed by atoms with van der Waals surface area (Å²) in [4.78, 5) is 16.7. The van der Waals surface area contributed by atoms with E-state index in [1.54, 1.807) is 23.9 Å². The quantitative estimate of drug-likeness (QED) is 0.633. The second-order valence-electron chi connectivity index (χ2n) is 3.55. The highest BCUT2D eigenvalue weighted by atomic mass is 32.2. The van der Waals surface area contributed by atoms with Crippen LogP contribution in [0.25, 0.3) is 11.3 Å². The van der Waals surface area contributed by atoms with Gasteiger partial charge in [0.25, 0.3) is 5.69 Å². The first kappa shape index (κ1) is 10.5. The third-order valence-electron chi connectivity index (χ3n) is 2.50. The Morgan fingerprint density at radius 2 is 2.29 bits per heavy atom. The number of nitrogen functional groups attached to an aromatic ring is 1. The second kappa shape index (κ2) is 3.71. The highest BCUT2D eigenvalue weighted by molar-refractivity contribution is 7.98. The molecule has 2 heterocycles. The fourth-order valence-corrected chi connectivity index (χ4v) is 3.72. The number of thiazole rings is 1. The number of nitro groups is 1. The maximum Gasteiger partial charge on any atom is 0.270 e. The van der Waals surface area contributed by atoms with Gasteiger partial charge in [0, 0.05) is 33.2 Å². The third kappa shape index (κ3) is 1.67. The van der Waals surface area contributed by atoms with Gasteiger partial charge in [-0.15, -0.1) is 23.1 Å². The van der Waals surface area contributed by atoms with Gasteiger partial charge in [0.2, 0.25) is 0 Å². The largest absolute Gasteiger partial charge is 0.375 e. The van der Waals surface area contributed by atoms with Crippen LogP contribution in [0.15, 0.2) is 23.1 Å². The van der Waals surface area contributed by atoms with Crippen molar-refractivity contribution >= 4 is 33.9 Å². The van der Waals surface area contributed by atoms with Gasteiger partial charge in [-0.3, -0.25) is 10.1 Å². The molecule has 0 bridgehead atoms. The zero-order valence-electron chi connectivity index (χ0n) is 8.54. The normalized spacial score (nSPS) is 12.9. The van der Waals surface area contributed by atoms with E-state index in [2.05, 4.69) is 4.98 Å². The lowest BCUT2D eigenvalue weighted by Gasteiger charge is -2.13. The predicted molar refractivity (Wildman–Crippen MR) is 68.2 cm³/mol. The number of rotatable bonds is 1. The average molecular weight is 265 g/mol. The zero-order valence-corrected chi connectivity index (χ0v) is 10.2. The Labute approximate surface area is 105 Å². The standard InChI is InChI=1S/C10H7N3O2S2/c11-10-12-9-6-3-5(13(14)15)1-2-7(6)16-4-8(9)17-10/h1-3H,4H2,(H2,11,12). The maximum atomic E-state index is 10.8. The van der Waals surface area contributed by atoms with E-state index in [9.17, 15) is 10.1 Å². The molecule has 0 unspecified atom stereocenters. The van der Waals surface area contributed by atoms with Gasteiger partial charge in [0.05, 0.1) is 10.6 Å². The molecule has 1 aromatic carbocycles. The molecule has 2 aromatic rings. The van der Waals surface area contributed by atoms with Crippen molar-refractivity contribution < 1.29 is 4.92 Å². The summed E-state index contributed by atoms with van der Waals surface area (Å²) in [6, 6.07) is 4.86. The zero-order chi connectivity index (χ0) is 12.0. The average Bonchev–Trinajstić information content (AvgIpc) is 2.69. The van der Waals surface area contributed by atoms with Gasteiger partial charge in [-0.1, -0.05) is 0 Å². The van der Waals surface area contributed by atoms with E-state index in [1.165, 1.54) is 17.4 Å². The molecule has 3 rings (SSSR count). The van der Waals surface area contributed by atoms with Crippen molar-refractivity contribution in [3.8, 4) is 11.3 Å². The number of nitrogens with two attached hydrogens (primary N) is 1. The molecule has 1 aliphatic rings. The molecular formula is C10H7N3O2S2. The molecule has 0 aliphatic carbocycles. The predicted octanol–water partition coefficient (Wildman–Crippen LogP) is 2.91. The molecular weight excluding hydrogens is 258 g/mol. The van der Waals surface area contributed by atoms with Crippen LogP contribution in [-0.4, -0.2) is 9.91 Å². The molecule has 0 atom stereocenters. The first-order valence-corrected chi connectivity index (χ1v) is 6.62. The van der Waals surface area contributed by atoms with E-state index in [1.807, 2.05) is 0 Å². The first-order chi connectivity index (χ1) is 8.15. The highest BCUT2D eigenvalue weighted by Crippen LogP contribution is 2.45. The summed E-state index contributed by atoms with van der Waals surface area (Å²) in [7, 11) is 0. The van der Waals surface area contributed by atoms with Crippen LogP contribution in [0.2, 0.25) is 0 Å². The summed E-state index contributed by atoms with van der Waals surface area (Å²) >= 11 is 3.10. The van der Waals surface area contributed by atoms with Crippen molar-refractivity contribution in [1.29, 1.82) is 0 Å². The van der Waals surface area contributed by atoms with Crippen molar-refractivity contribution in [3.63, 3.8) is 0 Å². The number of fused-ring (bicyclic) bond motifs is 3. The number of anilines is 1. The number of thioether (sulfide) groups is 1. The van der Waals surface area contributed by atoms with Crippen molar-refractivity contribution in [3.05, 3.63) is 33.2 Å². The lowest BCUT2D eigenvalue weighted by Crippen LogP contribution is -1.96. The van der Waals surface area contributed by atoms with Gasteiger partial charge in [0.1, 0.15) is 0 Å². The number of non-ortho nitro benzene ring substituents is 1. The van der Waals surface area contributed by atoms with Crippen LogP contribution >= 0.6 is 23.1 Å². The van der Waals surface area contributed by atoms with Gasteiger partial charge in [-0.2, -0.15) is 0 Å². The van der Waals surface area contributed by atoms with Crippen LogP contribution in [0.4, 0.5) is 10.8 Å². The van der Waals surface area contributed by atoms with E-state index in [0.717, 1.165) is 26.8 Å². The molecule has 0 radical (unpaired) electrons. The van der Waals surface area contributed by atoms with Gasteiger partial charge in [-0.05, 0) is 6.07 Å². The third-order valence-corrected chi connectivity index (χ3v) is 4.67. The molecule has 5 nitrogen and oxygen atoms in total. The molecule has 1 aliphatic heterocycles. The van der Waals surface area contributed by atoms with Crippen molar-refractivity contribution in [2.45, 2.75) is 10.6 Å². The van der Waals surface area contributed by atoms with Crippen molar-refractivity contribution in [1.82, 2.24) is 4.98 Å². The molecule has 0 fully saturated rings. The minimum Gasteiger partial charge on any atom is -0.375 e. The Bertz CT molecular complexity index is 624. The van der Waals surface area contributed by atoms with Crippen LogP contribution in [0, 0.1) is 10.1 Å². The summed E-state index contributed by atoms with van der Waals surface area (Å²) in [5.41, 5.74) is 7.38. The minimum atomic E-state index is -0.394. The lowest BCUT2D eigenvalue weighted by atomic mass is 10.1. The van der Waals surface area contributed by atoms with Gasteiger partial charge < -0.3 is 5.73 Å². The molecule has 7 heteroatoms. The van der Waals surface area contributed by atoms with E-state index < -0.39 is 4.92 Å². The van der Waals surface area contributed by atoms with Crippen molar-refractivity contribution in [2.24, 2.45) is 0 Å². The van der Waals surface area contributed by atoms with Gasteiger partial charge in [0.15, 0.2) is 5.13 Å². The second-order valence-corrected chi connectivity index (χ2v) is 5.68. The topological polar surface area (TPSA) is 82.0 Å². The molecule has 0 saturated carbocycles. The van der Waals surface area contributed by atoms with Crippen molar-refractivity contribution in [2.75, 3.05) is 5.73 Å². The van der Waals surface area contributed by atoms with Crippen LogP contribution in [-0.2, 0) is 5.75 Å². The van der Waals surface area contributed by atoms with E-state index >= 15 is 0 Å². The molecule has 2 N–H and O–H groups in total. The highest BCUT2D eigenvalue weighted by Gasteiger charge is 2.23. The molecule has 1 aromatic heterocycles. The summed E-state index contributed by atoms with van der Waals surface area (Å²) < 4.78 is 0. The number of aromatic nitrogens is 1. The van der Waals surface area contributed by atoms with E-state index in [0.29, 0.717) is 5.13 Å². The van der Waals surface area contributed by atoms with Gasteiger partial charge >= 0.3 is 0 Å². The molecule has 0 spiro atoms. The summed E-state index contributed by atoms with van der Waals surface area (Å²) in [6.45, 7) is 0. The van der Waals surface area contributed by atoms with E-state index in [-0.39, 0.29) is 5.69 Å². The number of hydrogen-bond donors (Lipinski definition) is 1.